The normalized spacial score (nSPS) is 10.6. The number of amides is 1. The fourth-order valence-electron chi connectivity index (χ4n) is 2.54. The van der Waals surface area contributed by atoms with Crippen LogP contribution in [0.1, 0.15) is 24.0 Å². The third-order valence-corrected chi connectivity index (χ3v) is 3.98. The summed E-state index contributed by atoms with van der Waals surface area (Å²) in [6.07, 6.45) is 2.48. The first-order valence-electron chi connectivity index (χ1n) is 9.07. The van der Waals surface area contributed by atoms with Crippen molar-refractivity contribution in [3.8, 4) is 0 Å². The smallest absolute Gasteiger partial charge is 0.222 e. The average Bonchev–Trinajstić information content (AvgIpc) is 2.70. The number of carbonyl (C=O) groups is 1. The molecular formula is C21H29IN4O. The number of aryl methyl sites for hydroxylation is 1. The Hall–Kier alpha value is -2.09. The van der Waals surface area contributed by atoms with E-state index in [2.05, 4.69) is 45.2 Å². The van der Waals surface area contributed by atoms with E-state index in [1.165, 1.54) is 5.56 Å². The maximum absolute atomic E-state index is 11.9. The van der Waals surface area contributed by atoms with Crippen LogP contribution in [-0.2, 0) is 17.8 Å². The van der Waals surface area contributed by atoms with Crippen molar-refractivity contribution >= 4 is 35.8 Å². The summed E-state index contributed by atoms with van der Waals surface area (Å²) in [6, 6.07) is 20.3. The summed E-state index contributed by atoms with van der Waals surface area (Å²) in [4.78, 5) is 16.1. The number of nitrogens with zero attached hydrogens (tertiary/aromatic N) is 1. The van der Waals surface area contributed by atoms with E-state index in [4.69, 9.17) is 0 Å². The third-order valence-electron chi connectivity index (χ3n) is 3.98. The van der Waals surface area contributed by atoms with E-state index < -0.39 is 0 Å². The molecule has 5 nitrogen and oxygen atoms in total. The van der Waals surface area contributed by atoms with Gasteiger partial charge in [0.05, 0.1) is 0 Å². The van der Waals surface area contributed by atoms with Gasteiger partial charge in [0.1, 0.15) is 0 Å². The Morgan fingerprint density at radius 1 is 0.852 bits per heavy atom. The maximum atomic E-state index is 11.9. The monoisotopic (exact) mass is 480 g/mol. The first-order valence-corrected chi connectivity index (χ1v) is 9.07. The van der Waals surface area contributed by atoms with Gasteiger partial charge < -0.3 is 16.0 Å². The average molecular weight is 480 g/mol. The predicted molar refractivity (Wildman–Crippen MR) is 122 cm³/mol. The lowest BCUT2D eigenvalue weighted by Gasteiger charge is -2.12. The van der Waals surface area contributed by atoms with E-state index in [0.29, 0.717) is 19.5 Å². The van der Waals surface area contributed by atoms with Crippen LogP contribution in [0.4, 0.5) is 0 Å². The van der Waals surface area contributed by atoms with Gasteiger partial charge in [0.15, 0.2) is 5.96 Å². The molecule has 6 heteroatoms. The second-order valence-electron chi connectivity index (χ2n) is 6.03. The van der Waals surface area contributed by atoms with Crippen LogP contribution in [0, 0.1) is 0 Å². The lowest BCUT2D eigenvalue weighted by molar-refractivity contribution is -0.121. The topological polar surface area (TPSA) is 65.5 Å². The van der Waals surface area contributed by atoms with Crippen molar-refractivity contribution in [2.45, 2.75) is 25.8 Å². The number of halogens is 1. The summed E-state index contributed by atoms with van der Waals surface area (Å²) < 4.78 is 0. The van der Waals surface area contributed by atoms with Crippen LogP contribution in [-0.4, -0.2) is 32.0 Å². The fourth-order valence-corrected chi connectivity index (χ4v) is 2.54. The highest BCUT2D eigenvalue weighted by atomic mass is 127. The van der Waals surface area contributed by atoms with Gasteiger partial charge in [-0.15, -0.1) is 24.0 Å². The van der Waals surface area contributed by atoms with E-state index in [1.807, 2.05) is 36.4 Å². The van der Waals surface area contributed by atoms with Gasteiger partial charge in [0, 0.05) is 33.1 Å². The van der Waals surface area contributed by atoms with Crippen molar-refractivity contribution in [1.82, 2.24) is 16.0 Å². The van der Waals surface area contributed by atoms with Gasteiger partial charge in [-0.3, -0.25) is 9.79 Å². The molecule has 0 saturated heterocycles. The molecule has 0 bridgehead atoms. The van der Waals surface area contributed by atoms with Crippen LogP contribution < -0.4 is 16.0 Å². The summed E-state index contributed by atoms with van der Waals surface area (Å²) in [5.41, 5.74) is 2.44. The van der Waals surface area contributed by atoms with Crippen molar-refractivity contribution < 1.29 is 4.79 Å². The predicted octanol–water partition coefficient (Wildman–Crippen LogP) is 3.11. The number of hydrogen-bond donors (Lipinski definition) is 3. The number of benzene rings is 2. The zero-order valence-corrected chi connectivity index (χ0v) is 18.1. The SMILES string of the molecule is CN=C(NCCCc1ccccc1)NCCC(=O)NCc1ccccc1.I. The molecule has 0 aliphatic heterocycles. The molecule has 1 amide bonds. The van der Waals surface area contributed by atoms with Gasteiger partial charge >= 0.3 is 0 Å². The molecule has 0 unspecified atom stereocenters. The zero-order valence-electron chi connectivity index (χ0n) is 15.8. The van der Waals surface area contributed by atoms with E-state index in [-0.39, 0.29) is 29.9 Å². The quantitative estimate of drug-likeness (QED) is 0.224. The largest absolute Gasteiger partial charge is 0.356 e. The first kappa shape index (κ1) is 23.0. The summed E-state index contributed by atoms with van der Waals surface area (Å²) in [5.74, 6) is 0.759. The molecule has 2 aromatic rings. The number of hydrogen-bond acceptors (Lipinski definition) is 2. The lowest BCUT2D eigenvalue weighted by atomic mass is 10.1. The van der Waals surface area contributed by atoms with Crippen LogP contribution in [0.2, 0.25) is 0 Å². The van der Waals surface area contributed by atoms with Crippen molar-refractivity contribution in [2.24, 2.45) is 4.99 Å². The molecule has 27 heavy (non-hydrogen) atoms. The number of rotatable bonds is 9. The van der Waals surface area contributed by atoms with Gasteiger partial charge in [0.25, 0.3) is 0 Å². The van der Waals surface area contributed by atoms with Crippen LogP contribution in [0.3, 0.4) is 0 Å². The van der Waals surface area contributed by atoms with E-state index in [0.717, 1.165) is 30.9 Å². The van der Waals surface area contributed by atoms with Crippen LogP contribution in [0.5, 0.6) is 0 Å². The highest BCUT2D eigenvalue weighted by Gasteiger charge is 2.03. The Labute approximate surface area is 179 Å². The molecule has 0 heterocycles. The molecule has 0 aliphatic rings. The van der Waals surface area contributed by atoms with Crippen molar-refractivity contribution in [1.29, 1.82) is 0 Å². The molecule has 2 rings (SSSR count). The minimum atomic E-state index is 0. The summed E-state index contributed by atoms with van der Waals surface area (Å²) in [6.45, 7) is 1.96. The molecule has 0 fully saturated rings. The van der Waals surface area contributed by atoms with Gasteiger partial charge in [-0.25, -0.2) is 0 Å². The molecule has 3 N–H and O–H groups in total. The van der Waals surface area contributed by atoms with Gasteiger partial charge in [-0.1, -0.05) is 60.7 Å². The molecule has 2 aromatic carbocycles. The zero-order chi connectivity index (χ0) is 18.5. The van der Waals surface area contributed by atoms with Crippen LogP contribution in [0.15, 0.2) is 65.7 Å². The number of nitrogens with one attached hydrogen (secondary N) is 3. The number of carbonyl (C=O) groups excluding carboxylic acids is 1. The Kier molecular flexibility index (Phi) is 11.9. The molecular weight excluding hydrogens is 451 g/mol. The van der Waals surface area contributed by atoms with Crippen LogP contribution >= 0.6 is 24.0 Å². The summed E-state index contributed by atoms with van der Waals surface area (Å²) >= 11 is 0. The Morgan fingerprint density at radius 3 is 2.07 bits per heavy atom. The minimum Gasteiger partial charge on any atom is -0.356 e. The van der Waals surface area contributed by atoms with E-state index >= 15 is 0 Å². The van der Waals surface area contributed by atoms with Crippen molar-refractivity contribution in [3.63, 3.8) is 0 Å². The Balaban J connectivity index is 0.00000364. The molecule has 0 atom stereocenters. The van der Waals surface area contributed by atoms with Gasteiger partial charge in [-0.2, -0.15) is 0 Å². The molecule has 0 saturated carbocycles. The van der Waals surface area contributed by atoms with E-state index in [9.17, 15) is 4.79 Å². The van der Waals surface area contributed by atoms with Crippen molar-refractivity contribution in [3.05, 3.63) is 71.8 Å². The molecule has 0 spiro atoms. The third kappa shape index (κ3) is 9.98. The highest BCUT2D eigenvalue weighted by Crippen LogP contribution is 2.01. The van der Waals surface area contributed by atoms with Crippen molar-refractivity contribution in [2.75, 3.05) is 20.1 Å². The number of guanidine groups is 1. The molecule has 146 valence electrons. The minimum absolute atomic E-state index is 0. The van der Waals surface area contributed by atoms with Gasteiger partial charge in [-0.05, 0) is 24.0 Å². The van der Waals surface area contributed by atoms with Gasteiger partial charge in [0.2, 0.25) is 5.91 Å². The summed E-state index contributed by atoms with van der Waals surface area (Å²) in [7, 11) is 1.74. The second kappa shape index (κ2) is 14.0. The highest BCUT2D eigenvalue weighted by molar-refractivity contribution is 14.0. The molecule has 0 radical (unpaired) electrons. The van der Waals surface area contributed by atoms with Crippen LogP contribution in [0.25, 0.3) is 0 Å². The number of aliphatic imine (C=N–C) groups is 1. The standard InChI is InChI=1S/C21H28N4O.HI/c1-22-21(23-15-8-13-18-9-4-2-5-10-18)24-16-14-20(26)25-17-19-11-6-3-7-12-19;/h2-7,9-12H,8,13-17H2,1H3,(H,25,26)(H2,22,23,24);1H. The maximum Gasteiger partial charge on any atom is 0.222 e. The fraction of sp³-hybridized carbons (Fsp3) is 0.333. The molecule has 0 aromatic heterocycles. The molecule has 0 aliphatic carbocycles. The first-order chi connectivity index (χ1) is 12.8. The lowest BCUT2D eigenvalue weighted by Crippen LogP contribution is -2.39. The summed E-state index contributed by atoms with van der Waals surface area (Å²) in [5, 5.41) is 9.38. The Morgan fingerprint density at radius 2 is 1.44 bits per heavy atom. The second-order valence-corrected chi connectivity index (χ2v) is 6.03. The van der Waals surface area contributed by atoms with E-state index in [1.54, 1.807) is 7.05 Å². The Bertz CT molecular complexity index is 677.